The molecule has 0 aromatic heterocycles. The van der Waals surface area contributed by atoms with Crippen molar-refractivity contribution in [3.05, 3.63) is 59.7 Å². The number of carbonyl (C=O) groups is 1. The van der Waals surface area contributed by atoms with Crippen LogP contribution in [0.1, 0.15) is 18.1 Å². The molecule has 4 nitrogen and oxygen atoms in total. The molecule has 1 aliphatic rings. The Morgan fingerprint density at radius 1 is 1.18 bits per heavy atom. The molecule has 22 heavy (non-hydrogen) atoms. The molecule has 2 aromatic carbocycles. The number of benzene rings is 2. The highest BCUT2D eigenvalue weighted by atomic mass is 16.5. The lowest BCUT2D eigenvalue weighted by molar-refractivity contribution is 0.222. The summed E-state index contributed by atoms with van der Waals surface area (Å²) in [5.74, 6) is 0.913. The number of ether oxygens (including phenoxy) is 1. The maximum absolute atomic E-state index is 12.1. The summed E-state index contributed by atoms with van der Waals surface area (Å²) >= 11 is 0. The predicted octanol–water partition coefficient (Wildman–Crippen LogP) is 3.37. The minimum Gasteiger partial charge on any atom is -0.491 e. The summed E-state index contributed by atoms with van der Waals surface area (Å²) in [6.07, 6.45) is 1.78. The largest absolute Gasteiger partial charge is 0.491 e. The van der Waals surface area contributed by atoms with Gasteiger partial charge in [0.25, 0.3) is 0 Å². The van der Waals surface area contributed by atoms with Crippen molar-refractivity contribution in [2.75, 3.05) is 11.9 Å². The van der Waals surface area contributed by atoms with E-state index < -0.39 is 0 Å². The molecule has 1 unspecified atom stereocenters. The second-order valence-electron chi connectivity index (χ2n) is 5.47. The SMILES string of the molecule is CCc1ccc(NC(=O)NC2COc3ccccc3C2)cc1. The predicted molar refractivity (Wildman–Crippen MR) is 87.4 cm³/mol. The van der Waals surface area contributed by atoms with Gasteiger partial charge in [0.1, 0.15) is 12.4 Å². The average Bonchev–Trinajstić information content (AvgIpc) is 2.55. The summed E-state index contributed by atoms with van der Waals surface area (Å²) < 4.78 is 5.67. The number of amides is 2. The Morgan fingerprint density at radius 2 is 1.95 bits per heavy atom. The Bertz CT molecular complexity index is 652. The third kappa shape index (κ3) is 3.39. The minimum absolute atomic E-state index is 0.00943. The van der Waals surface area contributed by atoms with E-state index in [2.05, 4.69) is 17.6 Å². The van der Waals surface area contributed by atoms with Crippen LogP contribution in [0.25, 0.3) is 0 Å². The van der Waals surface area contributed by atoms with Crippen molar-refractivity contribution in [3.8, 4) is 5.75 Å². The highest BCUT2D eigenvalue weighted by Crippen LogP contribution is 2.23. The molecule has 0 radical (unpaired) electrons. The number of urea groups is 1. The Kier molecular flexibility index (Phi) is 4.28. The highest BCUT2D eigenvalue weighted by Gasteiger charge is 2.20. The number of nitrogens with one attached hydrogen (secondary N) is 2. The fraction of sp³-hybridized carbons (Fsp3) is 0.278. The molecule has 0 fully saturated rings. The van der Waals surface area contributed by atoms with Crippen LogP contribution in [0.5, 0.6) is 5.75 Å². The van der Waals surface area contributed by atoms with E-state index in [4.69, 9.17) is 4.74 Å². The maximum Gasteiger partial charge on any atom is 0.319 e. The Balaban J connectivity index is 1.56. The quantitative estimate of drug-likeness (QED) is 0.912. The van der Waals surface area contributed by atoms with Crippen LogP contribution in [0.4, 0.5) is 10.5 Å². The van der Waals surface area contributed by atoms with Gasteiger partial charge < -0.3 is 15.4 Å². The number of hydrogen-bond acceptors (Lipinski definition) is 2. The van der Waals surface area contributed by atoms with Gasteiger partial charge in [-0.1, -0.05) is 37.3 Å². The number of aryl methyl sites for hydroxylation is 1. The summed E-state index contributed by atoms with van der Waals surface area (Å²) in [7, 11) is 0. The molecule has 2 N–H and O–H groups in total. The summed E-state index contributed by atoms with van der Waals surface area (Å²) in [5.41, 5.74) is 3.18. The van der Waals surface area contributed by atoms with E-state index in [0.29, 0.717) is 6.61 Å². The van der Waals surface area contributed by atoms with Gasteiger partial charge in [-0.2, -0.15) is 0 Å². The smallest absolute Gasteiger partial charge is 0.319 e. The van der Waals surface area contributed by atoms with Crippen LogP contribution in [0.15, 0.2) is 48.5 Å². The molecule has 3 rings (SSSR count). The van der Waals surface area contributed by atoms with E-state index in [1.165, 1.54) is 5.56 Å². The first kappa shape index (κ1) is 14.4. The van der Waals surface area contributed by atoms with E-state index in [9.17, 15) is 4.79 Å². The average molecular weight is 296 g/mol. The lowest BCUT2D eigenvalue weighted by Crippen LogP contribution is -2.44. The number of anilines is 1. The van der Waals surface area contributed by atoms with Gasteiger partial charge in [0.05, 0.1) is 6.04 Å². The molecule has 4 heteroatoms. The van der Waals surface area contributed by atoms with Gasteiger partial charge in [-0.15, -0.1) is 0 Å². The summed E-state index contributed by atoms with van der Waals surface area (Å²) in [6.45, 7) is 2.61. The molecule has 0 aliphatic carbocycles. The van der Waals surface area contributed by atoms with Gasteiger partial charge >= 0.3 is 6.03 Å². The van der Waals surface area contributed by atoms with Gasteiger partial charge in [0, 0.05) is 5.69 Å². The zero-order valence-electron chi connectivity index (χ0n) is 12.6. The van der Waals surface area contributed by atoms with Gasteiger partial charge in [-0.05, 0) is 42.2 Å². The molecule has 0 saturated carbocycles. The van der Waals surface area contributed by atoms with Crippen molar-refractivity contribution < 1.29 is 9.53 Å². The van der Waals surface area contributed by atoms with Crippen molar-refractivity contribution >= 4 is 11.7 Å². The topological polar surface area (TPSA) is 50.4 Å². The van der Waals surface area contributed by atoms with E-state index in [1.54, 1.807) is 0 Å². The van der Waals surface area contributed by atoms with Crippen LogP contribution < -0.4 is 15.4 Å². The fourth-order valence-corrected chi connectivity index (χ4v) is 2.60. The Labute approximate surface area is 130 Å². The van der Waals surface area contributed by atoms with Crippen molar-refractivity contribution in [1.29, 1.82) is 0 Å². The number of carbonyl (C=O) groups excluding carboxylic acids is 1. The first-order chi connectivity index (χ1) is 10.7. The fourth-order valence-electron chi connectivity index (χ4n) is 2.60. The van der Waals surface area contributed by atoms with Gasteiger partial charge in [-0.3, -0.25) is 0 Å². The van der Waals surface area contributed by atoms with Crippen LogP contribution in [0.2, 0.25) is 0 Å². The Hall–Kier alpha value is -2.49. The van der Waals surface area contributed by atoms with Crippen LogP contribution in [-0.4, -0.2) is 18.7 Å². The molecule has 1 aliphatic heterocycles. The number of fused-ring (bicyclic) bond motifs is 1. The number of hydrogen-bond donors (Lipinski definition) is 2. The van der Waals surface area contributed by atoms with Crippen molar-refractivity contribution in [1.82, 2.24) is 5.32 Å². The highest BCUT2D eigenvalue weighted by molar-refractivity contribution is 5.89. The molecule has 0 spiro atoms. The molecule has 1 atom stereocenters. The molecule has 2 aromatic rings. The molecule has 114 valence electrons. The molecule has 0 saturated heterocycles. The molecule has 1 heterocycles. The van der Waals surface area contributed by atoms with E-state index >= 15 is 0 Å². The maximum atomic E-state index is 12.1. The first-order valence-corrected chi connectivity index (χ1v) is 7.62. The van der Waals surface area contributed by atoms with Crippen LogP contribution in [0, 0.1) is 0 Å². The normalized spacial score (nSPS) is 16.3. The number of para-hydroxylation sites is 1. The summed E-state index contributed by atoms with van der Waals surface area (Å²) in [5, 5.41) is 5.82. The van der Waals surface area contributed by atoms with Crippen molar-refractivity contribution in [2.24, 2.45) is 0 Å². The number of rotatable bonds is 3. The first-order valence-electron chi connectivity index (χ1n) is 7.62. The lowest BCUT2D eigenvalue weighted by atomic mass is 10.0. The summed E-state index contributed by atoms with van der Waals surface area (Å²) in [6, 6.07) is 15.6. The minimum atomic E-state index is -0.197. The van der Waals surface area contributed by atoms with Crippen LogP contribution in [-0.2, 0) is 12.8 Å². The second-order valence-corrected chi connectivity index (χ2v) is 5.47. The summed E-state index contributed by atoms with van der Waals surface area (Å²) in [4.78, 5) is 12.1. The standard InChI is InChI=1S/C18H20N2O2/c1-2-13-7-9-15(10-8-13)19-18(21)20-16-11-14-5-3-4-6-17(14)22-12-16/h3-10,16H,2,11-12H2,1H3,(H2,19,20,21). The molecule has 0 bridgehead atoms. The van der Waals surface area contributed by atoms with Crippen molar-refractivity contribution in [2.45, 2.75) is 25.8 Å². The zero-order chi connectivity index (χ0) is 15.4. The molecular weight excluding hydrogens is 276 g/mol. The van der Waals surface area contributed by atoms with E-state index in [-0.39, 0.29) is 12.1 Å². The lowest BCUT2D eigenvalue weighted by Gasteiger charge is -2.26. The molecule has 2 amide bonds. The molecular formula is C18H20N2O2. The second kappa shape index (κ2) is 6.52. The van der Waals surface area contributed by atoms with E-state index in [1.807, 2.05) is 48.5 Å². The van der Waals surface area contributed by atoms with Crippen LogP contribution >= 0.6 is 0 Å². The Morgan fingerprint density at radius 3 is 2.73 bits per heavy atom. The third-order valence-electron chi connectivity index (χ3n) is 3.83. The monoisotopic (exact) mass is 296 g/mol. The zero-order valence-corrected chi connectivity index (χ0v) is 12.6. The van der Waals surface area contributed by atoms with E-state index in [0.717, 1.165) is 29.8 Å². The third-order valence-corrected chi connectivity index (χ3v) is 3.83. The van der Waals surface area contributed by atoms with Gasteiger partial charge in [0.2, 0.25) is 0 Å². The van der Waals surface area contributed by atoms with Crippen molar-refractivity contribution in [3.63, 3.8) is 0 Å². The van der Waals surface area contributed by atoms with Gasteiger partial charge in [-0.25, -0.2) is 4.79 Å². The van der Waals surface area contributed by atoms with Gasteiger partial charge in [0.15, 0.2) is 0 Å². The van der Waals surface area contributed by atoms with Crippen LogP contribution in [0.3, 0.4) is 0 Å².